The zero-order chi connectivity index (χ0) is 22.9. The summed E-state index contributed by atoms with van der Waals surface area (Å²) in [5.74, 6) is 0.499. The molecular formula is C24H37O6P. The molecule has 0 amide bonds. The van der Waals surface area contributed by atoms with Gasteiger partial charge in [0, 0.05) is 31.6 Å². The third kappa shape index (κ3) is 9.69. The van der Waals surface area contributed by atoms with Gasteiger partial charge in [-0.3, -0.25) is 9.36 Å². The monoisotopic (exact) mass is 452 g/mol. The molecule has 174 valence electrons. The fourth-order valence-corrected chi connectivity index (χ4v) is 4.90. The molecule has 7 heteroatoms. The van der Waals surface area contributed by atoms with Crippen LogP contribution in [0.25, 0.3) is 0 Å². The molecule has 0 aromatic heterocycles. The van der Waals surface area contributed by atoms with Crippen LogP contribution in [0, 0.1) is 18.8 Å². The molecule has 2 rings (SSSR count). The van der Waals surface area contributed by atoms with E-state index in [0.29, 0.717) is 51.3 Å². The molecule has 0 aliphatic heterocycles. The van der Waals surface area contributed by atoms with Crippen molar-refractivity contribution < 1.29 is 29.2 Å². The maximum Gasteiger partial charge on any atom is 0.197 e. The Morgan fingerprint density at radius 3 is 2.77 bits per heavy atom. The molecule has 5 atom stereocenters. The van der Waals surface area contributed by atoms with Crippen LogP contribution in [-0.2, 0) is 9.36 Å². The van der Waals surface area contributed by atoms with Gasteiger partial charge in [-0.05, 0) is 62.6 Å². The Balaban J connectivity index is 1.72. The van der Waals surface area contributed by atoms with Crippen LogP contribution in [0.4, 0.5) is 0 Å². The standard InChI is InChI=1S/C24H37O6P/c1-18-8-7-9-20(16-18)30-14-13-19(25)11-12-22-21(23(26)17-24(22)27)10-5-3-4-6-15-31(2,28)29/h3,5,7-9,16,19,21-22,24-25,27H,4,6,10-15,17H2,1-2H3,(H,28,29)/b5-3-/t19-,21-,22-,24?/m1/s1. The van der Waals surface area contributed by atoms with E-state index in [1.54, 1.807) is 0 Å². The molecule has 1 aromatic rings. The number of aliphatic hydroxyl groups is 2. The third-order valence-corrected chi connectivity index (χ3v) is 7.02. The summed E-state index contributed by atoms with van der Waals surface area (Å²) in [4.78, 5) is 21.6. The van der Waals surface area contributed by atoms with Crippen LogP contribution in [0.1, 0.15) is 50.5 Å². The van der Waals surface area contributed by atoms with Crippen LogP contribution >= 0.6 is 7.37 Å². The summed E-state index contributed by atoms with van der Waals surface area (Å²) >= 11 is 0. The van der Waals surface area contributed by atoms with E-state index in [0.717, 1.165) is 11.3 Å². The number of aliphatic hydroxyl groups excluding tert-OH is 2. The van der Waals surface area contributed by atoms with E-state index in [1.807, 2.05) is 43.3 Å². The van der Waals surface area contributed by atoms with E-state index in [-0.39, 0.29) is 24.0 Å². The lowest BCUT2D eigenvalue weighted by molar-refractivity contribution is -0.121. The molecule has 0 saturated heterocycles. The predicted octanol–water partition coefficient (Wildman–Crippen LogP) is 4.10. The molecule has 31 heavy (non-hydrogen) atoms. The molecule has 0 bridgehead atoms. The third-order valence-electron chi connectivity index (χ3n) is 5.88. The van der Waals surface area contributed by atoms with Crippen molar-refractivity contribution in [3.63, 3.8) is 0 Å². The number of ether oxygens (including phenoxy) is 1. The number of hydrogen-bond donors (Lipinski definition) is 3. The quantitative estimate of drug-likeness (QED) is 0.237. The Morgan fingerprint density at radius 2 is 2.06 bits per heavy atom. The SMILES string of the molecule is Cc1cccc(OCC[C@H](O)CC[C@H]2C(O)CC(=O)[C@@H]2C/C=C\CCCP(C)(=O)O)c1. The molecule has 3 N–H and O–H groups in total. The molecule has 1 aliphatic rings. The minimum absolute atomic E-state index is 0.0767. The number of Topliss-reactive ketones (excluding diaryl/α,β-unsaturated/α-hetero) is 1. The minimum Gasteiger partial charge on any atom is -0.493 e. The summed E-state index contributed by atoms with van der Waals surface area (Å²) in [6.45, 7) is 3.78. The van der Waals surface area contributed by atoms with Gasteiger partial charge in [0.25, 0.3) is 0 Å². The van der Waals surface area contributed by atoms with Crippen LogP contribution in [0.2, 0.25) is 0 Å². The van der Waals surface area contributed by atoms with Gasteiger partial charge in [0.15, 0.2) is 7.37 Å². The van der Waals surface area contributed by atoms with Crippen molar-refractivity contribution in [1.29, 1.82) is 0 Å². The number of allylic oxidation sites excluding steroid dienone is 2. The lowest BCUT2D eigenvalue weighted by atomic mass is 9.86. The first-order valence-corrected chi connectivity index (χ1v) is 13.5. The van der Waals surface area contributed by atoms with Gasteiger partial charge in [0.2, 0.25) is 0 Å². The number of ketones is 1. The zero-order valence-corrected chi connectivity index (χ0v) is 19.5. The summed E-state index contributed by atoms with van der Waals surface area (Å²) in [7, 11) is -2.96. The van der Waals surface area contributed by atoms with E-state index in [9.17, 15) is 24.5 Å². The van der Waals surface area contributed by atoms with Crippen molar-refractivity contribution in [2.75, 3.05) is 19.4 Å². The summed E-state index contributed by atoms with van der Waals surface area (Å²) in [5.41, 5.74) is 1.12. The Labute approximate surface area is 185 Å². The van der Waals surface area contributed by atoms with Gasteiger partial charge in [-0.2, -0.15) is 0 Å². The Kier molecular flexibility index (Phi) is 10.4. The van der Waals surface area contributed by atoms with Gasteiger partial charge in [-0.15, -0.1) is 0 Å². The lowest BCUT2D eigenvalue weighted by Gasteiger charge is -2.21. The van der Waals surface area contributed by atoms with Gasteiger partial charge in [0.1, 0.15) is 11.5 Å². The maximum absolute atomic E-state index is 12.3. The summed E-state index contributed by atoms with van der Waals surface area (Å²) in [5, 5.41) is 20.6. The Hall–Kier alpha value is -1.46. The second-order valence-corrected chi connectivity index (χ2v) is 11.4. The highest BCUT2D eigenvalue weighted by atomic mass is 31.2. The van der Waals surface area contributed by atoms with Gasteiger partial charge in [-0.25, -0.2) is 0 Å². The highest BCUT2D eigenvalue weighted by molar-refractivity contribution is 7.57. The molecule has 1 saturated carbocycles. The summed E-state index contributed by atoms with van der Waals surface area (Å²) in [6.07, 6.45) is 6.71. The van der Waals surface area contributed by atoms with Crippen molar-refractivity contribution in [2.24, 2.45) is 11.8 Å². The fraction of sp³-hybridized carbons (Fsp3) is 0.625. The van der Waals surface area contributed by atoms with Crippen LogP contribution in [0.5, 0.6) is 5.75 Å². The number of unbranched alkanes of at least 4 members (excludes halogenated alkanes) is 1. The van der Waals surface area contributed by atoms with Gasteiger partial charge in [-0.1, -0.05) is 24.3 Å². The average molecular weight is 453 g/mol. The van der Waals surface area contributed by atoms with E-state index in [2.05, 4.69) is 0 Å². The molecule has 1 aromatic carbocycles. The maximum atomic E-state index is 12.3. The molecule has 0 heterocycles. The molecule has 2 unspecified atom stereocenters. The predicted molar refractivity (Wildman–Crippen MR) is 123 cm³/mol. The molecule has 0 spiro atoms. The van der Waals surface area contributed by atoms with Gasteiger partial charge >= 0.3 is 0 Å². The first-order valence-electron chi connectivity index (χ1n) is 11.2. The summed E-state index contributed by atoms with van der Waals surface area (Å²) < 4.78 is 17.0. The second kappa shape index (κ2) is 12.5. The van der Waals surface area contributed by atoms with Crippen LogP contribution < -0.4 is 4.74 Å². The minimum atomic E-state index is -2.96. The van der Waals surface area contributed by atoms with Crippen molar-refractivity contribution in [3.05, 3.63) is 42.0 Å². The zero-order valence-electron chi connectivity index (χ0n) is 18.7. The summed E-state index contributed by atoms with van der Waals surface area (Å²) in [6, 6.07) is 7.78. The number of carbonyl (C=O) groups is 1. The van der Waals surface area contributed by atoms with Gasteiger partial charge < -0.3 is 19.8 Å². The van der Waals surface area contributed by atoms with Crippen molar-refractivity contribution >= 4 is 13.2 Å². The first kappa shape index (κ1) is 25.8. The lowest BCUT2D eigenvalue weighted by Crippen LogP contribution is -2.23. The number of hydrogen-bond acceptors (Lipinski definition) is 5. The topological polar surface area (TPSA) is 104 Å². The Morgan fingerprint density at radius 1 is 1.29 bits per heavy atom. The Bertz CT molecular complexity index is 771. The van der Waals surface area contributed by atoms with Crippen LogP contribution in [0.3, 0.4) is 0 Å². The van der Waals surface area contributed by atoms with E-state index >= 15 is 0 Å². The molecule has 1 aliphatic carbocycles. The average Bonchev–Trinajstić information content (AvgIpc) is 2.94. The number of benzene rings is 1. The van der Waals surface area contributed by atoms with Crippen LogP contribution in [0.15, 0.2) is 36.4 Å². The largest absolute Gasteiger partial charge is 0.493 e. The molecule has 0 radical (unpaired) electrons. The molecule has 1 fully saturated rings. The number of rotatable bonds is 13. The van der Waals surface area contributed by atoms with Crippen molar-refractivity contribution in [2.45, 2.75) is 64.1 Å². The van der Waals surface area contributed by atoms with E-state index < -0.39 is 19.6 Å². The van der Waals surface area contributed by atoms with E-state index in [1.165, 1.54) is 6.66 Å². The highest BCUT2D eigenvalue weighted by Crippen LogP contribution is 2.37. The van der Waals surface area contributed by atoms with Gasteiger partial charge in [0.05, 0.1) is 18.8 Å². The molecular weight excluding hydrogens is 415 g/mol. The van der Waals surface area contributed by atoms with Crippen molar-refractivity contribution in [1.82, 2.24) is 0 Å². The van der Waals surface area contributed by atoms with Crippen LogP contribution in [-0.4, -0.2) is 52.5 Å². The number of aryl methyl sites for hydroxylation is 1. The fourth-order valence-electron chi connectivity index (χ4n) is 4.13. The van der Waals surface area contributed by atoms with Crippen molar-refractivity contribution in [3.8, 4) is 5.75 Å². The normalized spacial score (nSPS) is 24.4. The second-order valence-electron chi connectivity index (χ2n) is 8.82. The van der Waals surface area contributed by atoms with E-state index in [4.69, 9.17) is 4.74 Å². The highest BCUT2D eigenvalue weighted by Gasteiger charge is 2.40. The number of carbonyl (C=O) groups excluding carboxylic acids is 1. The smallest absolute Gasteiger partial charge is 0.197 e. The first-order chi connectivity index (χ1) is 14.7. The molecule has 6 nitrogen and oxygen atoms in total.